The Bertz CT molecular complexity index is 1370. The molecule has 1 aliphatic heterocycles. The number of urea groups is 1. The van der Waals surface area contributed by atoms with Gasteiger partial charge in [0.1, 0.15) is 0 Å². The van der Waals surface area contributed by atoms with E-state index in [0.717, 1.165) is 22.4 Å². The van der Waals surface area contributed by atoms with Crippen molar-refractivity contribution in [2.24, 2.45) is 5.92 Å². The normalized spacial score (nSPS) is 16.4. The van der Waals surface area contributed by atoms with Crippen molar-refractivity contribution in [3.63, 3.8) is 0 Å². The Labute approximate surface area is 227 Å². The van der Waals surface area contributed by atoms with Crippen LogP contribution >= 0.6 is 0 Å². The lowest BCUT2D eigenvalue weighted by molar-refractivity contribution is -0.141. The van der Waals surface area contributed by atoms with Gasteiger partial charge in [-0.25, -0.2) is 4.79 Å². The van der Waals surface area contributed by atoms with Crippen molar-refractivity contribution in [1.29, 1.82) is 0 Å². The zero-order chi connectivity index (χ0) is 28.1. The second-order valence-electron chi connectivity index (χ2n) is 9.79. The van der Waals surface area contributed by atoms with Crippen LogP contribution in [-0.4, -0.2) is 54.0 Å². The molecule has 1 saturated heterocycles. The molecule has 202 valence electrons. The number of nitrogens with one attached hydrogen (secondary N) is 2. The van der Waals surface area contributed by atoms with Crippen LogP contribution < -0.4 is 15.5 Å². The van der Waals surface area contributed by atoms with Crippen LogP contribution in [0.2, 0.25) is 0 Å². The summed E-state index contributed by atoms with van der Waals surface area (Å²) in [5, 5.41) is 15.3. The highest BCUT2D eigenvalue weighted by molar-refractivity contribution is 6.01. The number of aliphatic carboxylic acids is 1. The third kappa shape index (κ3) is 6.62. The van der Waals surface area contributed by atoms with E-state index in [0.29, 0.717) is 17.9 Å². The van der Waals surface area contributed by atoms with Crippen LogP contribution in [0, 0.1) is 12.8 Å². The maximum atomic E-state index is 12.6. The Morgan fingerprint density at radius 2 is 1.51 bits per heavy atom. The molecule has 9 heteroatoms. The van der Waals surface area contributed by atoms with Crippen molar-refractivity contribution in [2.45, 2.75) is 26.2 Å². The van der Waals surface area contributed by atoms with Crippen molar-refractivity contribution in [3.8, 4) is 0 Å². The number of likely N-dealkylation sites (tertiary alicyclic amines) is 1. The molecule has 1 heterocycles. The molecule has 0 aliphatic carbocycles. The second-order valence-corrected chi connectivity index (χ2v) is 9.79. The van der Waals surface area contributed by atoms with Crippen molar-refractivity contribution < 1.29 is 24.3 Å². The Hall–Kier alpha value is -4.66. The van der Waals surface area contributed by atoms with Crippen LogP contribution in [0.15, 0.2) is 72.8 Å². The predicted octanol–water partition coefficient (Wildman–Crippen LogP) is 4.49. The number of nitrogens with zero attached hydrogens (tertiary/aromatic N) is 2. The van der Waals surface area contributed by atoms with Crippen molar-refractivity contribution in [1.82, 2.24) is 4.90 Å². The van der Waals surface area contributed by atoms with Gasteiger partial charge in [0.25, 0.3) is 0 Å². The summed E-state index contributed by atoms with van der Waals surface area (Å²) in [6.07, 6.45) is 0.149. The first-order chi connectivity index (χ1) is 18.6. The summed E-state index contributed by atoms with van der Waals surface area (Å²) in [5.74, 6) is -2.23. The lowest BCUT2D eigenvalue weighted by Crippen LogP contribution is -2.31. The third-order valence-corrected chi connectivity index (χ3v) is 7.06. The largest absolute Gasteiger partial charge is 0.481 e. The minimum absolute atomic E-state index is 0.141. The summed E-state index contributed by atoms with van der Waals surface area (Å²) in [6, 6.07) is 21.5. The molecule has 9 nitrogen and oxygen atoms in total. The third-order valence-electron chi connectivity index (χ3n) is 7.06. The minimum Gasteiger partial charge on any atom is -0.481 e. The lowest BCUT2D eigenvalue weighted by Gasteiger charge is -2.20. The molecule has 39 heavy (non-hydrogen) atoms. The molecule has 0 bridgehead atoms. The van der Waals surface area contributed by atoms with Crippen LogP contribution in [0.4, 0.5) is 21.9 Å². The van der Waals surface area contributed by atoms with Gasteiger partial charge in [0.05, 0.1) is 12.3 Å². The molecule has 0 radical (unpaired) electrons. The summed E-state index contributed by atoms with van der Waals surface area (Å²) < 4.78 is 0. The van der Waals surface area contributed by atoms with E-state index in [1.807, 2.05) is 31.2 Å². The minimum atomic E-state index is -0.926. The maximum absolute atomic E-state index is 12.6. The van der Waals surface area contributed by atoms with E-state index >= 15 is 0 Å². The molecule has 1 aliphatic rings. The number of hydrogen-bond acceptors (Lipinski definition) is 4. The molecule has 0 spiro atoms. The topological polar surface area (TPSA) is 119 Å². The summed E-state index contributed by atoms with van der Waals surface area (Å²) in [4.78, 5) is 51.8. The fraction of sp³-hybridized carbons (Fsp3) is 0.267. The number of amides is 4. The number of hydrogen-bond donors (Lipinski definition) is 3. The highest BCUT2D eigenvalue weighted by Crippen LogP contribution is 2.33. The summed E-state index contributed by atoms with van der Waals surface area (Å²) in [7, 11) is 1.71. The van der Waals surface area contributed by atoms with Gasteiger partial charge in [-0.15, -0.1) is 0 Å². The first-order valence-electron chi connectivity index (χ1n) is 12.7. The number of anilines is 3. The van der Waals surface area contributed by atoms with Crippen molar-refractivity contribution in [2.75, 3.05) is 35.7 Å². The number of benzene rings is 3. The highest BCUT2D eigenvalue weighted by atomic mass is 16.4. The predicted molar refractivity (Wildman–Crippen MR) is 150 cm³/mol. The average Bonchev–Trinajstić information content (AvgIpc) is 3.37. The fourth-order valence-corrected chi connectivity index (χ4v) is 4.82. The first-order valence-corrected chi connectivity index (χ1v) is 12.7. The van der Waals surface area contributed by atoms with E-state index in [2.05, 4.69) is 10.6 Å². The summed E-state index contributed by atoms with van der Waals surface area (Å²) in [6.45, 7) is 3.94. The standard InChI is InChI=1S/C30H32N4O5/c1-19-6-4-5-7-27(19)33(3)30(39)32-24-12-8-21(9-13-24)16-28(36)31-23-14-10-22(11-15-23)25-17-34(20(2)35)18-26(25)29(37)38/h4-15,25-26H,16-18H2,1-3H3,(H,31,36)(H,32,39)(H,37,38). The van der Waals surface area contributed by atoms with E-state index in [1.165, 1.54) is 6.92 Å². The van der Waals surface area contributed by atoms with Gasteiger partial charge < -0.3 is 20.6 Å². The van der Waals surface area contributed by atoms with Crippen LogP contribution in [0.25, 0.3) is 0 Å². The summed E-state index contributed by atoms with van der Waals surface area (Å²) >= 11 is 0. The molecule has 0 saturated carbocycles. The van der Waals surface area contributed by atoms with E-state index in [9.17, 15) is 24.3 Å². The van der Waals surface area contributed by atoms with Gasteiger partial charge in [0, 0.05) is 50.0 Å². The maximum Gasteiger partial charge on any atom is 0.326 e. The number of carboxylic acids is 1. The number of carbonyl (C=O) groups excluding carboxylic acids is 3. The number of para-hydroxylation sites is 1. The van der Waals surface area contributed by atoms with Crippen molar-refractivity contribution in [3.05, 3.63) is 89.5 Å². The van der Waals surface area contributed by atoms with Crippen LogP contribution in [0.3, 0.4) is 0 Å². The molecule has 0 aromatic heterocycles. The number of aryl methyl sites for hydroxylation is 1. The van der Waals surface area contributed by atoms with Gasteiger partial charge in [0.15, 0.2) is 0 Å². The monoisotopic (exact) mass is 528 g/mol. The van der Waals surface area contributed by atoms with Gasteiger partial charge in [-0.05, 0) is 53.9 Å². The molecule has 1 fully saturated rings. The summed E-state index contributed by atoms with van der Waals surface area (Å²) in [5.41, 5.74) is 4.63. The molecule has 3 aromatic carbocycles. The SMILES string of the molecule is CC(=O)N1CC(C(=O)O)C(c2ccc(NC(=O)Cc3ccc(NC(=O)N(C)c4ccccc4C)cc3)cc2)C1. The molecular weight excluding hydrogens is 496 g/mol. The Morgan fingerprint density at radius 1 is 0.897 bits per heavy atom. The van der Waals surface area contributed by atoms with E-state index < -0.39 is 11.9 Å². The highest BCUT2D eigenvalue weighted by Gasteiger charge is 2.39. The van der Waals surface area contributed by atoms with Gasteiger partial charge >= 0.3 is 12.0 Å². The molecule has 3 N–H and O–H groups in total. The number of carbonyl (C=O) groups is 4. The molecule has 3 aromatic rings. The molecule has 2 atom stereocenters. The first kappa shape index (κ1) is 27.4. The van der Waals surface area contributed by atoms with Gasteiger partial charge in [0.2, 0.25) is 11.8 Å². The Kier molecular flexibility index (Phi) is 8.29. The molecule has 4 rings (SSSR count). The molecule has 4 amide bonds. The van der Waals surface area contributed by atoms with E-state index in [1.54, 1.807) is 65.4 Å². The Morgan fingerprint density at radius 3 is 2.13 bits per heavy atom. The fourth-order valence-electron chi connectivity index (χ4n) is 4.82. The van der Waals surface area contributed by atoms with Crippen LogP contribution in [0.1, 0.15) is 29.5 Å². The number of carboxylic acid groups (broad SMARTS) is 1. The van der Waals surface area contributed by atoms with E-state index in [-0.39, 0.29) is 36.7 Å². The van der Waals surface area contributed by atoms with Gasteiger partial charge in [-0.1, -0.05) is 42.5 Å². The lowest BCUT2D eigenvalue weighted by atomic mass is 9.89. The smallest absolute Gasteiger partial charge is 0.326 e. The second kappa shape index (κ2) is 11.8. The zero-order valence-corrected chi connectivity index (χ0v) is 22.2. The quantitative estimate of drug-likeness (QED) is 0.418. The van der Waals surface area contributed by atoms with Gasteiger partial charge in [-0.3, -0.25) is 19.3 Å². The van der Waals surface area contributed by atoms with E-state index in [4.69, 9.17) is 0 Å². The molecule has 2 unspecified atom stereocenters. The zero-order valence-electron chi connectivity index (χ0n) is 22.2. The van der Waals surface area contributed by atoms with Crippen molar-refractivity contribution >= 4 is 40.9 Å². The Balaban J connectivity index is 1.31. The average molecular weight is 529 g/mol. The van der Waals surface area contributed by atoms with Crippen LogP contribution in [0.5, 0.6) is 0 Å². The number of rotatable bonds is 7. The van der Waals surface area contributed by atoms with Gasteiger partial charge in [-0.2, -0.15) is 0 Å². The molecular formula is C30H32N4O5. The van der Waals surface area contributed by atoms with Crippen LogP contribution in [-0.2, 0) is 20.8 Å².